The van der Waals surface area contributed by atoms with Crippen LogP contribution < -0.4 is 4.90 Å². The summed E-state index contributed by atoms with van der Waals surface area (Å²) >= 11 is 0. The molecule has 3 aromatic carbocycles. The van der Waals surface area contributed by atoms with Gasteiger partial charge in [-0.05, 0) is 47.7 Å². The van der Waals surface area contributed by atoms with Gasteiger partial charge in [0.1, 0.15) is 6.61 Å². The van der Waals surface area contributed by atoms with Crippen LogP contribution in [0.2, 0.25) is 0 Å². The van der Waals surface area contributed by atoms with Gasteiger partial charge in [0.05, 0.1) is 22.7 Å². The van der Waals surface area contributed by atoms with Crippen molar-refractivity contribution >= 4 is 30.8 Å². The van der Waals surface area contributed by atoms with Gasteiger partial charge >= 0.3 is 5.97 Å². The van der Waals surface area contributed by atoms with E-state index in [1.807, 2.05) is 44.2 Å². The van der Waals surface area contributed by atoms with Crippen molar-refractivity contribution in [3.05, 3.63) is 101 Å². The van der Waals surface area contributed by atoms with E-state index in [0.717, 1.165) is 16.0 Å². The number of ether oxygens (including phenoxy) is 1. The molecule has 8 heteroatoms. The number of hydrogen-bond donors (Lipinski definition) is 0. The predicted molar refractivity (Wildman–Crippen MR) is 146 cm³/mol. The summed E-state index contributed by atoms with van der Waals surface area (Å²) in [6.07, 6.45) is 0.710. The second-order valence-corrected chi connectivity index (χ2v) is 12.6. The normalized spacial score (nSPS) is 15.3. The van der Waals surface area contributed by atoms with Gasteiger partial charge in [-0.15, -0.1) is 0 Å². The Morgan fingerprint density at radius 2 is 1.42 bits per heavy atom. The van der Waals surface area contributed by atoms with Gasteiger partial charge in [0.25, 0.3) is 11.8 Å². The quantitative estimate of drug-likeness (QED) is 0.163. The molecule has 3 aromatic rings. The Labute approximate surface area is 223 Å². The summed E-state index contributed by atoms with van der Waals surface area (Å²) in [4.78, 5) is 39.7. The lowest BCUT2D eigenvalue weighted by atomic mass is 9.99. The fourth-order valence-electron chi connectivity index (χ4n) is 4.65. The number of carbonyl (C=O) groups excluding carboxylic acids is 3. The third-order valence-electron chi connectivity index (χ3n) is 6.56. The third kappa shape index (κ3) is 6.29. The summed E-state index contributed by atoms with van der Waals surface area (Å²) in [7, 11) is -1.85. The van der Waals surface area contributed by atoms with E-state index in [9.17, 15) is 18.9 Å². The Balaban J connectivity index is 1.45. The van der Waals surface area contributed by atoms with Crippen LogP contribution in [-0.2, 0) is 31.4 Å². The van der Waals surface area contributed by atoms with E-state index in [4.69, 9.17) is 9.26 Å². The molecule has 4 rings (SSSR count). The zero-order valence-electron chi connectivity index (χ0n) is 21.8. The maximum absolute atomic E-state index is 13.8. The third-order valence-corrected chi connectivity index (χ3v) is 9.07. The van der Waals surface area contributed by atoms with E-state index in [2.05, 4.69) is 0 Å². The lowest BCUT2D eigenvalue weighted by molar-refractivity contribution is -0.149. The summed E-state index contributed by atoms with van der Waals surface area (Å²) in [6, 6.07) is 22.9. The molecule has 0 spiro atoms. The van der Waals surface area contributed by atoms with Gasteiger partial charge in [-0.3, -0.25) is 18.9 Å². The van der Waals surface area contributed by atoms with Crippen molar-refractivity contribution in [3.63, 3.8) is 0 Å². The van der Waals surface area contributed by atoms with E-state index < -0.39 is 13.3 Å². The average molecular weight is 534 g/mol. The molecule has 198 valence electrons. The molecule has 1 aliphatic heterocycles. The molecule has 2 atom stereocenters. The van der Waals surface area contributed by atoms with Gasteiger partial charge < -0.3 is 9.26 Å². The van der Waals surface area contributed by atoms with Crippen molar-refractivity contribution in [2.75, 3.05) is 18.2 Å². The Morgan fingerprint density at radius 3 is 1.97 bits per heavy atom. The summed E-state index contributed by atoms with van der Waals surface area (Å²) in [5, 5.41) is 0. The number of benzene rings is 3. The van der Waals surface area contributed by atoms with Crippen LogP contribution in [0.4, 0.5) is 5.69 Å². The number of imide groups is 1. The molecule has 0 bridgehead atoms. The molecule has 2 amide bonds. The minimum Gasteiger partial charge on any atom is -0.461 e. The molecule has 38 heavy (non-hydrogen) atoms. The number of fused-ring (bicyclic) bond motifs is 1. The average Bonchev–Trinajstić information content (AvgIpc) is 3.17. The minimum atomic E-state index is -3.24. The van der Waals surface area contributed by atoms with Crippen molar-refractivity contribution < 1.29 is 28.2 Å². The van der Waals surface area contributed by atoms with Crippen LogP contribution >= 0.6 is 7.37 Å². The fraction of sp³-hybridized carbons (Fsp3) is 0.300. The fourth-order valence-corrected chi connectivity index (χ4v) is 6.80. The second-order valence-electron chi connectivity index (χ2n) is 9.92. The Kier molecular flexibility index (Phi) is 8.60. The van der Waals surface area contributed by atoms with Crippen molar-refractivity contribution in [3.8, 4) is 0 Å². The summed E-state index contributed by atoms with van der Waals surface area (Å²) in [6.45, 7) is 4.17. The number of amides is 2. The van der Waals surface area contributed by atoms with Crippen LogP contribution in [0.3, 0.4) is 0 Å². The molecule has 0 saturated heterocycles. The highest BCUT2D eigenvalue weighted by Gasteiger charge is 2.36. The van der Waals surface area contributed by atoms with Gasteiger partial charge in [-0.25, -0.2) is 4.90 Å². The molecule has 1 aliphatic rings. The SMILES string of the molecule is COP(=O)(Cc1ccc(N2C(=O)c3ccccc3C2=O)cc1)CC(CC(C)C)C(=O)OCc1ccccc1. The Morgan fingerprint density at radius 1 is 0.842 bits per heavy atom. The molecular weight excluding hydrogens is 501 g/mol. The minimum absolute atomic E-state index is 0.0649. The van der Waals surface area contributed by atoms with E-state index in [0.29, 0.717) is 23.2 Å². The van der Waals surface area contributed by atoms with Gasteiger partial charge in [-0.2, -0.15) is 0 Å². The molecule has 0 radical (unpaired) electrons. The largest absolute Gasteiger partial charge is 0.461 e. The van der Waals surface area contributed by atoms with E-state index in [-0.39, 0.29) is 42.6 Å². The second kappa shape index (κ2) is 11.9. The number of rotatable bonds is 11. The van der Waals surface area contributed by atoms with E-state index >= 15 is 0 Å². The van der Waals surface area contributed by atoms with Crippen LogP contribution in [0.1, 0.15) is 52.1 Å². The number of esters is 1. The molecule has 0 N–H and O–H groups in total. The first-order valence-corrected chi connectivity index (χ1v) is 14.6. The maximum Gasteiger partial charge on any atom is 0.309 e. The first kappa shape index (κ1) is 27.5. The maximum atomic E-state index is 13.8. The van der Waals surface area contributed by atoms with E-state index in [1.54, 1.807) is 48.5 Å². The highest BCUT2D eigenvalue weighted by molar-refractivity contribution is 7.58. The Hall–Kier alpha value is -3.54. The van der Waals surface area contributed by atoms with E-state index in [1.165, 1.54) is 7.11 Å². The van der Waals surface area contributed by atoms with Gasteiger partial charge in [0.2, 0.25) is 7.37 Å². The molecule has 7 nitrogen and oxygen atoms in total. The molecule has 0 saturated carbocycles. The first-order valence-electron chi connectivity index (χ1n) is 12.6. The number of hydrogen-bond acceptors (Lipinski definition) is 6. The van der Waals surface area contributed by atoms with Crippen LogP contribution in [-0.4, -0.2) is 31.1 Å². The molecular formula is C30H32NO6P. The number of carbonyl (C=O) groups is 3. The van der Waals surface area contributed by atoms with Crippen molar-refractivity contribution in [2.24, 2.45) is 11.8 Å². The lowest BCUT2D eigenvalue weighted by Crippen LogP contribution is -2.29. The number of anilines is 1. The molecule has 2 unspecified atom stereocenters. The first-order chi connectivity index (χ1) is 18.2. The van der Waals surface area contributed by atoms with Crippen molar-refractivity contribution in [1.82, 2.24) is 0 Å². The topological polar surface area (TPSA) is 90.0 Å². The van der Waals surface area contributed by atoms with Gasteiger partial charge in [0.15, 0.2) is 0 Å². The summed E-state index contributed by atoms with van der Waals surface area (Å²) < 4.78 is 24.8. The highest BCUT2D eigenvalue weighted by Crippen LogP contribution is 2.52. The van der Waals surface area contributed by atoms with Crippen LogP contribution in [0.25, 0.3) is 0 Å². The van der Waals surface area contributed by atoms with Crippen LogP contribution in [0.15, 0.2) is 78.9 Å². The predicted octanol–water partition coefficient (Wildman–Crippen LogP) is 6.32. The summed E-state index contributed by atoms with van der Waals surface area (Å²) in [5.41, 5.74) is 2.80. The zero-order chi connectivity index (χ0) is 27.3. The van der Waals surface area contributed by atoms with Crippen molar-refractivity contribution in [2.45, 2.75) is 33.0 Å². The monoisotopic (exact) mass is 533 g/mol. The molecule has 1 heterocycles. The highest BCUT2D eigenvalue weighted by atomic mass is 31.2. The summed E-state index contributed by atoms with van der Waals surface area (Å²) in [5.74, 6) is -1.49. The lowest BCUT2D eigenvalue weighted by Gasteiger charge is -2.23. The Bertz CT molecular complexity index is 1320. The number of nitrogens with zero attached hydrogens (tertiary/aromatic N) is 1. The molecule has 0 fully saturated rings. The zero-order valence-corrected chi connectivity index (χ0v) is 22.7. The van der Waals surface area contributed by atoms with Gasteiger partial charge in [-0.1, -0.05) is 68.4 Å². The van der Waals surface area contributed by atoms with Crippen LogP contribution in [0, 0.1) is 11.8 Å². The smallest absolute Gasteiger partial charge is 0.309 e. The van der Waals surface area contributed by atoms with Crippen molar-refractivity contribution in [1.29, 1.82) is 0 Å². The van der Waals surface area contributed by atoms with Crippen LogP contribution in [0.5, 0.6) is 0 Å². The van der Waals surface area contributed by atoms with Gasteiger partial charge in [0, 0.05) is 19.4 Å². The molecule has 0 aliphatic carbocycles. The standard InChI is InChI=1S/C30H32NO6P/c1-21(2)17-24(30(34)37-18-22-9-5-4-6-10-22)20-38(35,36-3)19-23-13-15-25(16-14-23)31-28(32)26-11-7-8-12-27(26)29(31)33/h4-16,21,24H,17-20H2,1-3H3. The molecule has 0 aromatic heterocycles.